The van der Waals surface area contributed by atoms with Gasteiger partial charge in [0, 0.05) is 17.1 Å². The van der Waals surface area contributed by atoms with Crippen molar-refractivity contribution in [3.63, 3.8) is 0 Å². The van der Waals surface area contributed by atoms with Crippen molar-refractivity contribution in [1.82, 2.24) is 15.6 Å². The van der Waals surface area contributed by atoms with Crippen LogP contribution < -0.4 is 10.6 Å². The highest BCUT2D eigenvalue weighted by atomic mass is 32.1. The Hall–Kier alpha value is -0.680. The molecule has 5 heteroatoms. The summed E-state index contributed by atoms with van der Waals surface area (Å²) in [5.74, 6) is 0. The molecule has 0 aliphatic rings. The molecule has 1 aromatic rings. The number of hydrogen-bond acceptors (Lipinski definition) is 3. The maximum Gasteiger partial charge on any atom is 0.166 e. The van der Waals surface area contributed by atoms with E-state index in [-0.39, 0.29) is 0 Å². The van der Waals surface area contributed by atoms with E-state index in [1.807, 2.05) is 11.7 Å². The summed E-state index contributed by atoms with van der Waals surface area (Å²) in [6.45, 7) is 4.87. The standard InChI is InChI=1S/C8H13N3S2/c1-6(2)11-8(12)10-4-7-3-9-5-13-7/h3,5-6H,4H2,1-2H3,(H2,10,11,12). The van der Waals surface area contributed by atoms with Crippen LogP contribution in [0.5, 0.6) is 0 Å². The molecule has 3 nitrogen and oxygen atoms in total. The number of thiazole rings is 1. The highest BCUT2D eigenvalue weighted by molar-refractivity contribution is 7.80. The molecule has 1 rings (SSSR count). The third kappa shape index (κ3) is 4.19. The van der Waals surface area contributed by atoms with Gasteiger partial charge >= 0.3 is 0 Å². The molecular weight excluding hydrogens is 202 g/mol. The molecular formula is C8H13N3S2. The van der Waals surface area contributed by atoms with Gasteiger partial charge in [0.1, 0.15) is 0 Å². The van der Waals surface area contributed by atoms with E-state index in [0.717, 1.165) is 6.54 Å². The Bertz CT molecular complexity index is 256. The van der Waals surface area contributed by atoms with E-state index in [9.17, 15) is 0 Å². The summed E-state index contributed by atoms with van der Waals surface area (Å²) in [4.78, 5) is 5.16. The van der Waals surface area contributed by atoms with Crippen LogP contribution in [0.1, 0.15) is 18.7 Å². The maximum atomic E-state index is 5.07. The summed E-state index contributed by atoms with van der Waals surface area (Å²) in [5, 5.41) is 6.91. The normalized spacial score (nSPS) is 10.1. The van der Waals surface area contributed by atoms with Crippen LogP contribution in [0.25, 0.3) is 0 Å². The zero-order valence-corrected chi connectivity index (χ0v) is 9.34. The number of rotatable bonds is 3. The number of nitrogens with one attached hydrogen (secondary N) is 2. The highest BCUT2D eigenvalue weighted by Crippen LogP contribution is 2.03. The van der Waals surface area contributed by atoms with Crippen molar-refractivity contribution in [3.8, 4) is 0 Å². The molecule has 13 heavy (non-hydrogen) atoms. The molecule has 0 radical (unpaired) electrons. The Balaban J connectivity index is 2.23. The van der Waals surface area contributed by atoms with Crippen LogP contribution in [0, 0.1) is 0 Å². The smallest absolute Gasteiger partial charge is 0.166 e. The van der Waals surface area contributed by atoms with Crippen LogP contribution in [-0.4, -0.2) is 16.1 Å². The average molecular weight is 215 g/mol. The van der Waals surface area contributed by atoms with Crippen LogP contribution in [-0.2, 0) is 6.54 Å². The molecule has 0 amide bonds. The minimum Gasteiger partial charge on any atom is -0.361 e. The molecule has 0 aliphatic heterocycles. The Morgan fingerprint density at radius 1 is 1.69 bits per heavy atom. The molecule has 0 unspecified atom stereocenters. The molecule has 0 bridgehead atoms. The zero-order valence-electron chi connectivity index (χ0n) is 7.70. The van der Waals surface area contributed by atoms with Crippen molar-refractivity contribution in [2.75, 3.05) is 0 Å². The fourth-order valence-corrected chi connectivity index (χ4v) is 1.65. The Labute approximate surface area is 87.6 Å². The van der Waals surface area contributed by atoms with E-state index in [2.05, 4.69) is 29.5 Å². The summed E-state index contributed by atoms with van der Waals surface area (Å²) in [7, 11) is 0. The minimum absolute atomic E-state index is 0.376. The number of hydrogen-bond donors (Lipinski definition) is 2. The maximum absolute atomic E-state index is 5.07. The average Bonchev–Trinajstić information content (AvgIpc) is 2.51. The molecule has 0 aliphatic carbocycles. The molecule has 0 saturated heterocycles. The van der Waals surface area contributed by atoms with Crippen molar-refractivity contribution < 1.29 is 0 Å². The molecule has 0 aromatic carbocycles. The van der Waals surface area contributed by atoms with Gasteiger partial charge in [-0.3, -0.25) is 4.98 Å². The lowest BCUT2D eigenvalue weighted by Gasteiger charge is -2.11. The predicted octanol–water partition coefficient (Wildman–Crippen LogP) is 1.52. The fraction of sp³-hybridized carbons (Fsp3) is 0.500. The van der Waals surface area contributed by atoms with Gasteiger partial charge in [0.05, 0.1) is 12.1 Å². The third-order valence-electron chi connectivity index (χ3n) is 1.33. The molecule has 0 spiro atoms. The molecule has 1 aromatic heterocycles. The van der Waals surface area contributed by atoms with Gasteiger partial charge in [-0.15, -0.1) is 11.3 Å². The van der Waals surface area contributed by atoms with Gasteiger partial charge in [0.25, 0.3) is 0 Å². The molecule has 72 valence electrons. The summed E-state index contributed by atoms with van der Waals surface area (Å²) < 4.78 is 0. The first kappa shape index (κ1) is 10.4. The van der Waals surface area contributed by atoms with Crippen molar-refractivity contribution in [3.05, 3.63) is 16.6 Å². The second kappa shape index (κ2) is 5.14. The zero-order chi connectivity index (χ0) is 9.68. The van der Waals surface area contributed by atoms with Gasteiger partial charge in [-0.2, -0.15) is 0 Å². The van der Waals surface area contributed by atoms with Gasteiger partial charge in [0.15, 0.2) is 5.11 Å². The molecule has 0 fully saturated rings. The summed E-state index contributed by atoms with van der Waals surface area (Å²) in [5.41, 5.74) is 1.82. The molecule has 1 heterocycles. The Morgan fingerprint density at radius 2 is 2.46 bits per heavy atom. The van der Waals surface area contributed by atoms with E-state index in [1.54, 1.807) is 11.3 Å². The summed E-state index contributed by atoms with van der Waals surface area (Å²) >= 11 is 6.69. The van der Waals surface area contributed by atoms with Gasteiger partial charge in [0.2, 0.25) is 0 Å². The topological polar surface area (TPSA) is 37.0 Å². The van der Waals surface area contributed by atoms with E-state index >= 15 is 0 Å². The third-order valence-corrected chi connectivity index (χ3v) is 2.37. The molecule has 0 saturated carbocycles. The van der Waals surface area contributed by atoms with E-state index in [1.165, 1.54) is 4.88 Å². The SMILES string of the molecule is CC(C)NC(=S)NCc1cncs1. The van der Waals surface area contributed by atoms with Crippen molar-refractivity contribution in [1.29, 1.82) is 0 Å². The number of aromatic nitrogens is 1. The van der Waals surface area contributed by atoms with Crippen LogP contribution in [0.2, 0.25) is 0 Å². The van der Waals surface area contributed by atoms with Crippen LogP contribution in [0.4, 0.5) is 0 Å². The summed E-state index contributed by atoms with van der Waals surface area (Å²) in [6.07, 6.45) is 1.84. The minimum atomic E-state index is 0.376. The first-order valence-corrected chi connectivity index (χ1v) is 5.39. The second-order valence-electron chi connectivity index (χ2n) is 2.95. The van der Waals surface area contributed by atoms with Crippen molar-refractivity contribution in [2.24, 2.45) is 0 Å². The fourth-order valence-electron chi connectivity index (χ4n) is 0.810. The van der Waals surface area contributed by atoms with Crippen molar-refractivity contribution >= 4 is 28.7 Å². The largest absolute Gasteiger partial charge is 0.361 e. The quantitative estimate of drug-likeness (QED) is 0.750. The lowest BCUT2D eigenvalue weighted by atomic mass is 10.4. The lowest BCUT2D eigenvalue weighted by molar-refractivity contribution is 0.713. The summed E-state index contributed by atoms with van der Waals surface area (Å²) in [6, 6.07) is 0.376. The Kier molecular flexibility index (Phi) is 4.11. The van der Waals surface area contributed by atoms with Crippen LogP contribution >= 0.6 is 23.6 Å². The number of nitrogens with zero attached hydrogens (tertiary/aromatic N) is 1. The van der Waals surface area contributed by atoms with Gasteiger partial charge < -0.3 is 10.6 Å². The first-order chi connectivity index (χ1) is 6.18. The van der Waals surface area contributed by atoms with Gasteiger partial charge in [-0.1, -0.05) is 0 Å². The van der Waals surface area contributed by atoms with Crippen LogP contribution in [0.3, 0.4) is 0 Å². The first-order valence-electron chi connectivity index (χ1n) is 4.10. The highest BCUT2D eigenvalue weighted by Gasteiger charge is 1.98. The Morgan fingerprint density at radius 3 is 3.00 bits per heavy atom. The van der Waals surface area contributed by atoms with Crippen molar-refractivity contribution in [2.45, 2.75) is 26.4 Å². The van der Waals surface area contributed by atoms with E-state index < -0.39 is 0 Å². The van der Waals surface area contributed by atoms with Gasteiger partial charge in [-0.25, -0.2) is 0 Å². The van der Waals surface area contributed by atoms with E-state index in [4.69, 9.17) is 12.2 Å². The molecule has 2 N–H and O–H groups in total. The van der Waals surface area contributed by atoms with E-state index in [0.29, 0.717) is 11.2 Å². The van der Waals surface area contributed by atoms with Crippen LogP contribution in [0.15, 0.2) is 11.7 Å². The lowest BCUT2D eigenvalue weighted by Crippen LogP contribution is -2.38. The number of thiocarbonyl (C=S) groups is 1. The monoisotopic (exact) mass is 215 g/mol. The molecule has 0 atom stereocenters. The second-order valence-corrected chi connectivity index (χ2v) is 4.33. The predicted molar refractivity (Wildman–Crippen MR) is 59.8 cm³/mol. The van der Waals surface area contributed by atoms with Gasteiger partial charge in [-0.05, 0) is 26.1 Å².